The standard InChI is InChI=1S/C30H38O5/c1-5-34-24(35-6-2)14-18-29(32)17-13-23(31)25-26(29)28-16-8-7-15-27(28,3)30(25,20-19-28)21-9-11-22(33-4)12-10-21/h9-14,17-20,24-26,32H,5-8,15-16H2,1-4H3/b18-14+/t25-,26+,27+,28+,29-,30+/m1/s1. The summed E-state index contributed by atoms with van der Waals surface area (Å²) in [6, 6.07) is 8.20. The van der Waals surface area contributed by atoms with Crippen molar-refractivity contribution >= 4 is 5.78 Å². The van der Waals surface area contributed by atoms with Gasteiger partial charge in [0.15, 0.2) is 12.1 Å². The van der Waals surface area contributed by atoms with Crippen LogP contribution in [0.5, 0.6) is 5.75 Å². The number of ether oxygens (including phenoxy) is 3. The highest BCUT2D eigenvalue weighted by molar-refractivity contribution is 5.96. The molecule has 35 heavy (non-hydrogen) atoms. The van der Waals surface area contributed by atoms with Crippen LogP contribution in [0.15, 0.2) is 60.7 Å². The second-order valence-corrected chi connectivity index (χ2v) is 10.7. The van der Waals surface area contributed by atoms with E-state index < -0.39 is 17.3 Å². The lowest BCUT2D eigenvalue weighted by molar-refractivity contribution is -0.126. The number of carbonyl (C=O) groups is 1. The van der Waals surface area contributed by atoms with Gasteiger partial charge in [-0.2, -0.15) is 0 Å². The van der Waals surface area contributed by atoms with E-state index in [9.17, 15) is 9.90 Å². The molecular formula is C30H38O5. The summed E-state index contributed by atoms with van der Waals surface area (Å²) >= 11 is 0. The summed E-state index contributed by atoms with van der Waals surface area (Å²) in [5.41, 5.74) is -1.08. The van der Waals surface area contributed by atoms with Crippen LogP contribution < -0.4 is 4.74 Å². The zero-order valence-electron chi connectivity index (χ0n) is 21.3. The molecule has 2 saturated carbocycles. The summed E-state index contributed by atoms with van der Waals surface area (Å²) in [4.78, 5) is 13.8. The van der Waals surface area contributed by atoms with E-state index in [0.29, 0.717) is 13.2 Å². The molecule has 4 aliphatic carbocycles. The Morgan fingerprint density at radius 2 is 1.74 bits per heavy atom. The molecule has 0 amide bonds. The van der Waals surface area contributed by atoms with Gasteiger partial charge in [0.25, 0.3) is 0 Å². The lowest BCUT2D eigenvalue weighted by atomic mass is 9.52. The largest absolute Gasteiger partial charge is 0.497 e. The summed E-state index contributed by atoms with van der Waals surface area (Å²) in [7, 11) is 1.67. The highest BCUT2D eigenvalue weighted by atomic mass is 16.7. The van der Waals surface area contributed by atoms with E-state index in [-0.39, 0.29) is 28.4 Å². The molecule has 0 saturated heterocycles. The number of fused-ring (bicyclic) bond motifs is 2. The molecule has 1 aromatic carbocycles. The average molecular weight is 479 g/mol. The molecule has 2 bridgehead atoms. The summed E-state index contributed by atoms with van der Waals surface area (Å²) in [6.45, 7) is 7.23. The van der Waals surface area contributed by atoms with Crippen LogP contribution in [0.3, 0.4) is 0 Å². The van der Waals surface area contributed by atoms with Gasteiger partial charge in [-0.25, -0.2) is 0 Å². The molecule has 4 aliphatic rings. The van der Waals surface area contributed by atoms with E-state index in [0.717, 1.165) is 37.0 Å². The van der Waals surface area contributed by atoms with Gasteiger partial charge < -0.3 is 19.3 Å². The minimum absolute atomic E-state index is 0.106. The Hall–Kier alpha value is -2.21. The van der Waals surface area contributed by atoms with Crippen molar-refractivity contribution in [3.05, 3.63) is 66.3 Å². The molecule has 0 heterocycles. The van der Waals surface area contributed by atoms with Crippen LogP contribution in [0.25, 0.3) is 0 Å². The lowest BCUT2D eigenvalue weighted by Gasteiger charge is -2.52. The van der Waals surface area contributed by atoms with Gasteiger partial charge in [-0.05, 0) is 74.1 Å². The molecule has 0 aromatic heterocycles. The monoisotopic (exact) mass is 478 g/mol. The Morgan fingerprint density at radius 3 is 2.40 bits per heavy atom. The molecule has 1 N–H and O–H groups in total. The Labute approximate surface area is 208 Å². The molecule has 5 heteroatoms. The lowest BCUT2D eigenvalue weighted by Crippen LogP contribution is -2.52. The molecular weight excluding hydrogens is 440 g/mol. The Kier molecular flexibility index (Phi) is 6.10. The van der Waals surface area contributed by atoms with Crippen LogP contribution in [0, 0.1) is 22.7 Å². The molecule has 2 fully saturated rings. The van der Waals surface area contributed by atoms with Crippen molar-refractivity contribution in [3.63, 3.8) is 0 Å². The highest BCUT2D eigenvalue weighted by Crippen LogP contribution is 2.80. The van der Waals surface area contributed by atoms with Gasteiger partial charge in [-0.1, -0.05) is 44.1 Å². The third-order valence-corrected chi connectivity index (χ3v) is 9.55. The summed E-state index contributed by atoms with van der Waals surface area (Å²) < 4.78 is 16.8. The maximum Gasteiger partial charge on any atom is 0.176 e. The van der Waals surface area contributed by atoms with Crippen LogP contribution in [-0.2, 0) is 19.7 Å². The van der Waals surface area contributed by atoms with Crippen molar-refractivity contribution in [2.75, 3.05) is 20.3 Å². The first-order valence-electron chi connectivity index (χ1n) is 13.0. The van der Waals surface area contributed by atoms with Gasteiger partial charge >= 0.3 is 0 Å². The van der Waals surface area contributed by atoms with Gasteiger partial charge in [-0.3, -0.25) is 4.79 Å². The number of rotatable bonds is 8. The smallest absolute Gasteiger partial charge is 0.176 e. The maximum atomic E-state index is 13.8. The maximum absolute atomic E-state index is 13.8. The molecule has 1 aromatic rings. The first kappa shape index (κ1) is 24.5. The number of hydrogen-bond acceptors (Lipinski definition) is 5. The van der Waals surface area contributed by atoms with Crippen LogP contribution in [0.2, 0.25) is 0 Å². The number of aliphatic hydroxyl groups is 1. The van der Waals surface area contributed by atoms with Crippen molar-refractivity contribution in [1.29, 1.82) is 0 Å². The van der Waals surface area contributed by atoms with Crippen molar-refractivity contribution in [3.8, 4) is 5.75 Å². The minimum atomic E-state index is -1.28. The van der Waals surface area contributed by atoms with Crippen molar-refractivity contribution in [2.45, 2.75) is 63.8 Å². The molecule has 6 atom stereocenters. The zero-order chi connectivity index (χ0) is 24.9. The first-order chi connectivity index (χ1) is 16.8. The van der Waals surface area contributed by atoms with Crippen molar-refractivity contribution in [1.82, 2.24) is 0 Å². The number of ketones is 1. The Bertz CT molecular complexity index is 1050. The highest BCUT2D eigenvalue weighted by Gasteiger charge is 2.79. The number of allylic oxidation sites excluding steroid dienone is 3. The van der Waals surface area contributed by atoms with Gasteiger partial charge in [0.1, 0.15) is 11.4 Å². The van der Waals surface area contributed by atoms with Gasteiger partial charge in [0.05, 0.1) is 7.11 Å². The SMILES string of the molecule is CCOC(/C=C/[C@]1(O)C=CC(=O)[C@@H]2[C@H]1[C@]13C=C[C@@]2(c2ccc(OC)cc2)[C@@]1(C)CCCC3)OCC. The van der Waals surface area contributed by atoms with Crippen LogP contribution in [-0.4, -0.2) is 43.1 Å². The second-order valence-electron chi connectivity index (χ2n) is 10.7. The first-order valence-corrected chi connectivity index (χ1v) is 13.0. The number of hydrogen-bond donors (Lipinski definition) is 1. The Morgan fingerprint density at radius 1 is 1.06 bits per heavy atom. The topological polar surface area (TPSA) is 65.0 Å². The van der Waals surface area contributed by atoms with Crippen LogP contribution >= 0.6 is 0 Å². The fraction of sp³-hybridized carbons (Fsp3) is 0.567. The summed E-state index contributed by atoms with van der Waals surface area (Å²) in [5, 5.41) is 12.3. The molecule has 0 radical (unpaired) electrons. The fourth-order valence-corrected chi connectivity index (χ4v) is 8.17. The molecule has 0 aliphatic heterocycles. The number of benzene rings is 1. The Balaban J connectivity index is 1.66. The third kappa shape index (κ3) is 3.21. The van der Waals surface area contributed by atoms with Gasteiger partial charge in [0, 0.05) is 35.9 Å². The van der Waals surface area contributed by atoms with E-state index in [1.54, 1.807) is 19.3 Å². The predicted octanol–water partition coefficient (Wildman–Crippen LogP) is 5.14. The van der Waals surface area contributed by atoms with Gasteiger partial charge in [0.2, 0.25) is 0 Å². The van der Waals surface area contributed by atoms with E-state index >= 15 is 0 Å². The molecule has 5 nitrogen and oxygen atoms in total. The molecule has 0 spiro atoms. The van der Waals surface area contributed by atoms with Crippen molar-refractivity contribution in [2.24, 2.45) is 22.7 Å². The predicted molar refractivity (Wildman–Crippen MR) is 135 cm³/mol. The number of methoxy groups -OCH3 is 1. The van der Waals surface area contributed by atoms with Crippen molar-refractivity contribution < 1.29 is 24.1 Å². The summed E-state index contributed by atoms with van der Waals surface area (Å²) in [6.07, 6.45) is 15.3. The van der Waals surface area contributed by atoms with E-state index in [1.165, 1.54) is 0 Å². The molecule has 0 unspecified atom stereocenters. The second kappa shape index (κ2) is 8.72. The normalized spacial score (nSPS) is 39.4. The fourth-order valence-electron chi connectivity index (χ4n) is 8.17. The van der Waals surface area contributed by atoms with Crippen LogP contribution in [0.1, 0.15) is 52.0 Å². The molecule has 188 valence electrons. The zero-order valence-corrected chi connectivity index (χ0v) is 21.3. The number of carbonyl (C=O) groups excluding carboxylic acids is 1. The quantitative estimate of drug-likeness (QED) is 0.414. The van der Waals surface area contributed by atoms with E-state index in [4.69, 9.17) is 14.2 Å². The minimum Gasteiger partial charge on any atom is -0.497 e. The average Bonchev–Trinajstić information content (AvgIpc) is 3.26. The summed E-state index contributed by atoms with van der Waals surface area (Å²) in [5.74, 6) is 0.301. The van der Waals surface area contributed by atoms with Crippen LogP contribution in [0.4, 0.5) is 0 Å². The molecule has 5 rings (SSSR count). The third-order valence-electron chi connectivity index (χ3n) is 9.55. The van der Waals surface area contributed by atoms with E-state index in [2.05, 4.69) is 31.2 Å². The van der Waals surface area contributed by atoms with E-state index in [1.807, 2.05) is 38.1 Å². The van der Waals surface area contributed by atoms with Gasteiger partial charge in [-0.15, -0.1) is 0 Å².